The van der Waals surface area contributed by atoms with E-state index in [-0.39, 0.29) is 0 Å². The molecule has 4 nitrogen and oxygen atoms in total. The first-order valence-corrected chi connectivity index (χ1v) is 5.07. The Labute approximate surface area is 85.0 Å². The fourth-order valence-electron chi connectivity index (χ4n) is 1.27. The van der Waals surface area contributed by atoms with Crippen LogP contribution in [0.4, 0.5) is 11.6 Å². The maximum atomic E-state index is 5.60. The van der Waals surface area contributed by atoms with E-state index in [2.05, 4.69) is 22.2 Å². The summed E-state index contributed by atoms with van der Waals surface area (Å²) in [6, 6.07) is 1.76. The Morgan fingerprint density at radius 1 is 1.36 bits per heavy atom. The molecular formula is C10H18N4. The van der Waals surface area contributed by atoms with E-state index in [0.717, 1.165) is 12.4 Å². The monoisotopic (exact) mass is 194 g/mol. The number of nitrogens with zero attached hydrogens (tertiary/aromatic N) is 2. The third-order valence-electron chi connectivity index (χ3n) is 1.94. The quantitative estimate of drug-likeness (QED) is 0.703. The Kier molecular flexibility index (Phi) is 4.16. The maximum absolute atomic E-state index is 5.60. The minimum atomic E-state index is 0.524. The first-order valence-electron chi connectivity index (χ1n) is 5.07. The molecule has 14 heavy (non-hydrogen) atoms. The largest absolute Gasteiger partial charge is 0.384 e. The summed E-state index contributed by atoms with van der Waals surface area (Å²) in [5.41, 5.74) is 5.60. The molecule has 4 heteroatoms. The number of unbranched alkanes of at least 4 members (excludes halogenated alkanes) is 2. The molecule has 3 N–H and O–H groups in total. The first-order chi connectivity index (χ1) is 6.72. The lowest BCUT2D eigenvalue weighted by Crippen LogP contribution is -2.06. The Hall–Kier alpha value is -1.32. The lowest BCUT2D eigenvalue weighted by atomic mass is 10.2. The lowest BCUT2D eigenvalue weighted by molar-refractivity contribution is 0.742. The van der Waals surface area contributed by atoms with E-state index in [0.29, 0.717) is 11.6 Å². The smallest absolute Gasteiger partial charge is 0.131 e. The van der Waals surface area contributed by atoms with Crippen LogP contribution in [0, 0.1) is 6.92 Å². The van der Waals surface area contributed by atoms with Crippen LogP contribution in [-0.4, -0.2) is 16.5 Å². The van der Waals surface area contributed by atoms with E-state index in [1.54, 1.807) is 6.07 Å². The number of anilines is 2. The van der Waals surface area contributed by atoms with Gasteiger partial charge in [0, 0.05) is 12.6 Å². The molecule has 1 aromatic heterocycles. The van der Waals surface area contributed by atoms with Gasteiger partial charge in [0.1, 0.15) is 17.5 Å². The van der Waals surface area contributed by atoms with Crippen LogP contribution in [0.3, 0.4) is 0 Å². The zero-order valence-electron chi connectivity index (χ0n) is 8.88. The fraction of sp³-hybridized carbons (Fsp3) is 0.600. The normalized spacial score (nSPS) is 10.1. The highest BCUT2D eigenvalue weighted by atomic mass is 15.0. The summed E-state index contributed by atoms with van der Waals surface area (Å²) in [6.07, 6.45) is 3.64. The summed E-state index contributed by atoms with van der Waals surface area (Å²) < 4.78 is 0. The number of hydrogen-bond donors (Lipinski definition) is 2. The van der Waals surface area contributed by atoms with Crippen LogP contribution in [0.25, 0.3) is 0 Å². The second-order valence-corrected chi connectivity index (χ2v) is 3.36. The first kappa shape index (κ1) is 10.8. The topological polar surface area (TPSA) is 63.8 Å². The average molecular weight is 194 g/mol. The van der Waals surface area contributed by atoms with E-state index in [1.165, 1.54) is 19.3 Å². The number of aromatic nitrogens is 2. The van der Waals surface area contributed by atoms with Crippen LogP contribution in [0.1, 0.15) is 32.0 Å². The number of aryl methyl sites for hydroxylation is 1. The number of rotatable bonds is 5. The zero-order valence-corrected chi connectivity index (χ0v) is 8.88. The van der Waals surface area contributed by atoms with Crippen molar-refractivity contribution in [3.8, 4) is 0 Å². The molecule has 0 aromatic carbocycles. The number of nitrogen functional groups attached to an aromatic ring is 1. The van der Waals surface area contributed by atoms with Gasteiger partial charge in [-0.2, -0.15) is 0 Å². The Morgan fingerprint density at radius 2 is 2.14 bits per heavy atom. The zero-order chi connectivity index (χ0) is 10.4. The number of nitrogens with two attached hydrogens (primary N) is 1. The van der Waals surface area contributed by atoms with Crippen LogP contribution < -0.4 is 11.1 Å². The van der Waals surface area contributed by atoms with E-state index in [9.17, 15) is 0 Å². The van der Waals surface area contributed by atoms with Gasteiger partial charge in [0.05, 0.1) is 0 Å². The minimum Gasteiger partial charge on any atom is -0.384 e. The third-order valence-corrected chi connectivity index (χ3v) is 1.94. The summed E-state index contributed by atoms with van der Waals surface area (Å²) in [6.45, 7) is 4.98. The van der Waals surface area contributed by atoms with Gasteiger partial charge in [-0.1, -0.05) is 19.8 Å². The van der Waals surface area contributed by atoms with E-state index < -0.39 is 0 Å². The van der Waals surface area contributed by atoms with Crippen molar-refractivity contribution >= 4 is 11.6 Å². The van der Waals surface area contributed by atoms with Gasteiger partial charge in [-0.3, -0.25) is 0 Å². The highest BCUT2D eigenvalue weighted by Crippen LogP contribution is 2.07. The second-order valence-electron chi connectivity index (χ2n) is 3.36. The molecule has 0 radical (unpaired) electrons. The summed E-state index contributed by atoms with van der Waals surface area (Å²) in [5, 5.41) is 3.23. The van der Waals surface area contributed by atoms with Crippen molar-refractivity contribution in [1.82, 2.24) is 9.97 Å². The van der Waals surface area contributed by atoms with E-state index in [4.69, 9.17) is 5.73 Å². The lowest BCUT2D eigenvalue weighted by Gasteiger charge is -2.05. The van der Waals surface area contributed by atoms with Crippen molar-refractivity contribution in [3.63, 3.8) is 0 Å². The van der Waals surface area contributed by atoms with Crippen LogP contribution in [0.5, 0.6) is 0 Å². The number of nitrogens with one attached hydrogen (secondary N) is 1. The molecule has 0 saturated heterocycles. The highest BCUT2D eigenvalue weighted by molar-refractivity contribution is 5.44. The van der Waals surface area contributed by atoms with Gasteiger partial charge in [0.25, 0.3) is 0 Å². The molecule has 1 aromatic rings. The fourth-order valence-corrected chi connectivity index (χ4v) is 1.27. The summed E-state index contributed by atoms with van der Waals surface area (Å²) >= 11 is 0. The van der Waals surface area contributed by atoms with Crippen LogP contribution in [0.2, 0.25) is 0 Å². The molecule has 1 rings (SSSR count). The molecule has 0 spiro atoms. The molecule has 0 unspecified atom stereocenters. The Bertz CT molecular complexity index is 265. The van der Waals surface area contributed by atoms with Gasteiger partial charge in [0.2, 0.25) is 0 Å². The van der Waals surface area contributed by atoms with Crippen LogP contribution in [-0.2, 0) is 0 Å². The molecule has 78 valence electrons. The van der Waals surface area contributed by atoms with Crippen molar-refractivity contribution < 1.29 is 0 Å². The third kappa shape index (κ3) is 3.60. The van der Waals surface area contributed by atoms with Crippen LogP contribution >= 0.6 is 0 Å². The van der Waals surface area contributed by atoms with Gasteiger partial charge in [0.15, 0.2) is 0 Å². The van der Waals surface area contributed by atoms with Crippen molar-refractivity contribution in [1.29, 1.82) is 0 Å². The maximum Gasteiger partial charge on any atom is 0.131 e. The minimum absolute atomic E-state index is 0.524. The van der Waals surface area contributed by atoms with E-state index >= 15 is 0 Å². The molecule has 0 amide bonds. The predicted octanol–water partition coefficient (Wildman–Crippen LogP) is 1.97. The summed E-state index contributed by atoms with van der Waals surface area (Å²) in [7, 11) is 0. The Morgan fingerprint density at radius 3 is 2.79 bits per heavy atom. The van der Waals surface area contributed by atoms with Crippen molar-refractivity contribution in [2.24, 2.45) is 0 Å². The van der Waals surface area contributed by atoms with Crippen molar-refractivity contribution in [2.45, 2.75) is 33.1 Å². The molecule has 0 fully saturated rings. The molecule has 1 heterocycles. The molecule has 0 aliphatic rings. The molecule has 0 bridgehead atoms. The SMILES string of the molecule is CCCCCNc1cc(N)nc(C)n1. The van der Waals surface area contributed by atoms with Gasteiger partial charge in [-0.15, -0.1) is 0 Å². The molecule has 0 atom stereocenters. The van der Waals surface area contributed by atoms with Crippen LogP contribution in [0.15, 0.2) is 6.07 Å². The van der Waals surface area contributed by atoms with Gasteiger partial charge in [-0.05, 0) is 13.3 Å². The Balaban J connectivity index is 2.42. The molecule has 0 aliphatic carbocycles. The van der Waals surface area contributed by atoms with Gasteiger partial charge < -0.3 is 11.1 Å². The summed E-state index contributed by atoms with van der Waals surface area (Å²) in [4.78, 5) is 8.23. The average Bonchev–Trinajstić information content (AvgIpc) is 2.11. The van der Waals surface area contributed by atoms with Gasteiger partial charge in [-0.25, -0.2) is 9.97 Å². The highest BCUT2D eigenvalue weighted by Gasteiger charge is 1.97. The molecule has 0 saturated carbocycles. The van der Waals surface area contributed by atoms with E-state index in [1.807, 2.05) is 6.92 Å². The van der Waals surface area contributed by atoms with Crippen molar-refractivity contribution in [2.75, 3.05) is 17.6 Å². The molecular weight excluding hydrogens is 176 g/mol. The van der Waals surface area contributed by atoms with Crippen molar-refractivity contribution in [3.05, 3.63) is 11.9 Å². The second kappa shape index (κ2) is 5.42. The number of hydrogen-bond acceptors (Lipinski definition) is 4. The molecule has 0 aliphatic heterocycles. The van der Waals surface area contributed by atoms with Gasteiger partial charge >= 0.3 is 0 Å². The summed E-state index contributed by atoms with van der Waals surface area (Å²) in [5.74, 6) is 2.06. The standard InChI is InChI=1S/C10H18N4/c1-3-4-5-6-12-10-7-9(11)13-8(2)14-10/h7H,3-6H2,1-2H3,(H3,11,12,13,14). The predicted molar refractivity (Wildman–Crippen MR) is 59.2 cm³/mol.